The third kappa shape index (κ3) is 9.69. The highest BCUT2D eigenvalue weighted by molar-refractivity contribution is 5.92. The van der Waals surface area contributed by atoms with Crippen molar-refractivity contribution in [1.82, 2.24) is 9.97 Å². The van der Waals surface area contributed by atoms with Crippen LogP contribution in [0.15, 0.2) is 48.5 Å². The molecule has 0 unspecified atom stereocenters. The normalized spacial score (nSPS) is 9.97. The number of benzene rings is 1. The first-order valence-corrected chi connectivity index (χ1v) is 12.6. The summed E-state index contributed by atoms with van der Waals surface area (Å²) in [5.74, 6) is 1.36. The Hall–Kier alpha value is -4.54. The molecule has 11 heteroatoms. The quantitative estimate of drug-likeness (QED) is 0.313. The van der Waals surface area contributed by atoms with Crippen LogP contribution in [0.5, 0.6) is 17.5 Å². The Morgan fingerprint density at radius 2 is 1.28 bits per heavy atom. The molecule has 3 rings (SSSR count). The molecule has 11 nitrogen and oxygen atoms in total. The van der Waals surface area contributed by atoms with Crippen LogP contribution in [0.3, 0.4) is 0 Å². The van der Waals surface area contributed by atoms with E-state index in [0.717, 1.165) is 11.3 Å². The van der Waals surface area contributed by atoms with Gasteiger partial charge in [0, 0.05) is 6.54 Å². The molecule has 0 aliphatic rings. The van der Waals surface area contributed by atoms with Gasteiger partial charge in [-0.1, -0.05) is 12.1 Å². The number of nitrogen functional groups attached to an aromatic ring is 1. The highest BCUT2D eigenvalue weighted by atomic mass is 16.5. The van der Waals surface area contributed by atoms with Gasteiger partial charge in [0.25, 0.3) is 0 Å². The van der Waals surface area contributed by atoms with Gasteiger partial charge in [-0.3, -0.25) is 0 Å². The highest BCUT2D eigenvalue weighted by Crippen LogP contribution is 2.21. The lowest BCUT2D eigenvalue weighted by atomic mass is 10.2. The molecule has 0 bridgehead atoms. The van der Waals surface area contributed by atoms with Gasteiger partial charge in [0.1, 0.15) is 28.5 Å². The van der Waals surface area contributed by atoms with Gasteiger partial charge < -0.3 is 34.7 Å². The Balaban J connectivity index is 0.000000306. The van der Waals surface area contributed by atoms with Gasteiger partial charge in [-0.15, -0.1) is 0 Å². The molecule has 2 heterocycles. The molecular weight excluding hydrogens is 504 g/mol. The van der Waals surface area contributed by atoms with Crippen molar-refractivity contribution in [3.63, 3.8) is 0 Å². The molecule has 1 aromatic carbocycles. The first kappa shape index (κ1) is 30.7. The lowest BCUT2D eigenvalue weighted by molar-refractivity contribution is 0.0511. The summed E-state index contributed by atoms with van der Waals surface area (Å²) in [6.45, 7) is 9.20. The molecular formula is C28H36N4O7. The fourth-order valence-corrected chi connectivity index (χ4v) is 3.15. The van der Waals surface area contributed by atoms with E-state index in [1.54, 1.807) is 46.1 Å². The van der Waals surface area contributed by atoms with Gasteiger partial charge in [0.15, 0.2) is 0 Å². The third-order valence-corrected chi connectivity index (χ3v) is 4.93. The fourth-order valence-electron chi connectivity index (χ4n) is 3.15. The van der Waals surface area contributed by atoms with Gasteiger partial charge >= 0.3 is 11.9 Å². The third-order valence-electron chi connectivity index (χ3n) is 4.93. The number of carbonyl (C=O) groups excluding carboxylic acids is 2. The number of nitrogens with two attached hydrogens (primary N) is 1. The molecule has 0 saturated carbocycles. The van der Waals surface area contributed by atoms with Crippen LogP contribution >= 0.6 is 0 Å². The van der Waals surface area contributed by atoms with Gasteiger partial charge in [0.2, 0.25) is 11.8 Å². The van der Waals surface area contributed by atoms with E-state index in [0.29, 0.717) is 55.7 Å². The Morgan fingerprint density at radius 1 is 0.744 bits per heavy atom. The Bertz CT molecular complexity index is 1200. The average Bonchev–Trinajstić information content (AvgIpc) is 2.93. The second kappa shape index (κ2) is 16.3. The molecule has 0 spiro atoms. The molecule has 39 heavy (non-hydrogen) atoms. The smallest absolute Gasteiger partial charge is 0.343 e. The first-order chi connectivity index (χ1) is 18.9. The highest BCUT2D eigenvalue weighted by Gasteiger charge is 2.16. The lowest BCUT2D eigenvalue weighted by Crippen LogP contribution is -2.10. The molecule has 0 radical (unpaired) electrons. The number of nitrogens with one attached hydrogen (secondary N) is 1. The molecule has 210 valence electrons. The number of nitrogens with zero attached hydrogens (tertiary/aromatic N) is 2. The fraction of sp³-hybridized carbons (Fsp3) is 0.357. The van der Waals surface area contributed by atoms with Gasteiger partial charge in [-0.05, 0) is 69.7 Å². The Morgan fingerprint density at radius 3 is 1.79 bits per heavy atom. The minimum Gasteiger partial charge on any atom is -0.497 e. The van der Waals surface area contributed by atoms with Crippen molar-refractivity contribution in [2.45, 2.75) is 34.2 Å². The first-order valence-electron chi connectivity index (χ1n) is 12.6. The maximum atomic E-state index is 11.9. The van der Waals surface area contributed by atoms with Crippen molar-refractivity contribution in [3.05, 3.63) is 65.2 Å². The predicted octanol–water partition coefficient (Wildman–Crippen LogP) is 4.52. The molecule has 0 saturated heterocycles. The second-order valence-electron chi connectivity index (χ2n) is 7.65. The van der Waals surface area contributed by atoms with Crippen molar-refractivity contribution < 1.29 is 33.3 Å². The summed E-state index contributed by atoms with van der Waals surface area (Å²) in [4.78, 5) is 31.7. The van der Waals surface area contributed by atoms with Crippen LogP contribution in [-0.2, 0) is 16.0 Å². The predicted molar refractivity (Wildman–Crippen MR) is 147 cm³/mol. The SMILES string of the molecule is CCOC(=O)c1ccc(N)nc1OCC.CCOC(=O)c1ccc(NCc2ccc(OC)cc2)nc1OCC. The lowest BCUT2D eigenvalue weighted by Gasteiger charge is -2.12. The van der Waals surface area contributed by atoms with Crippen LogP contribution in [0.1, 0.15) is 54.0 Å². The van der Waals surface area contributed by atoms with Crippen LogP contribution in [0.2, 0.25) is 0 Å². The minimum absolute atomic E-state index is 0.218. The molecule has 0 fully saturated rings. The zero-order chi connectivity index (χ0) is 28.6. The van der Waals surface area contributed by atoms with Crippen molar-refractivity contribution in [1.29, 1.82) is 0 Å². The van der Waals surface area contributed by atoms with Crippen molar-refractivity contribution >= 4 is 23.6 Å². The number of hydrogen-bond acceptors (Lipinski definition) is 11. The van der Waals surface area contributed by atoms with Crippen LogP contribution < -0.4 is 25.3 Å². The number of carbonyl (C=O) groups is 2. The van der Waals surface area contributed by atoms with Crippen molar-refractivity contribution in [3.8, 4) is 17.5 Å². The van der Waals surface area contributed by atoms with Crippen LogP contribution in [0, 0.1) is 0 Å². The van der Waals surface area contributed by atoms with Gasteiger partial charge in [-0.2, -0.15) is 9.97 Å². The molecule has 0 atom stereocenters. The summed E-state index contributed by atoms with van der Waals surface area (Å²) in [6.07, 6.45) is 0. The van der Waals surface area contributed by atoms with E-state index in [4.69, 9.17) is 29.4 Å². The summed E-state index contributed by atoms with van der Waals surface area (Å²) < 4.78 is 25.7. The van der Waals surface area contributed by atoms with E-state index in [1.165, 1.54) is 6.07 Å². The Kier molecular flexibility index (Phi) is 12.8. The minimum atomic E-state index is -0.451. The topological polar surface area (TPSA) is 144 Å². The number of methoxy groups -OCH3 is 1. The summed E-state index contributed by atoms with van der Waals surface area (Å²) in [5, 5.41) is 3.21. The molecule has 2 aromatic heterocycles. The number of esters is 2. The van der Waals surface area contributed by atoms with E-state index in [9.17, 15) is 9.59 Å². The molecule has 3 aromatic rings. The van der Waals surface area contributed by atoms with E-state index in [1.807, 2.05) is 31.2 Å². The van der Waals surface area contributed by atoms with Crippen LogP contribution in [0.4, 0.5) is 11.6 Å². The molecule has 0 aliphatic heterocycles. The molecule has 0 aliphatic carbocycles. The van der Waals surface area contributed by atoms with E-state index in [-0.39, 0.29) is 11.8 Å². The zero-order valence-electron chi connectivity index (χ0n) is 23.0. The number of anilines is 2. The maximum absolute atomic E-state index is 11.9. The monoisotopic (exact) mass is 540 g/mol. The number of ether oxygens (including phenoxy) is 5. The number of rotatable bonds is 12. The van der Waals surface area contributed by atoms with Crippen molar-refractivity contribution in [2.75, 3.05) is 44.6 Å². The summed E-state index contributed by atoms with van der Waals surface area (Å²) in [7, 11) is 1.64. The largest absolute Gasteiger partial charge is 0.497 e. The van der Waals surface area contributed by atoms with Gasteiger partial charge in [-0.25, -0.2) is 9.59 Å². The van der Waals surface area contributed by atoms with Crippen molar-refractivity contribution in [2.24, 2.45) is 0 Å². The summed E-state index contributed by atoms with van der Waals surface area (Å²) >= 11 is 0. The van der Waals surface area contributed by atoms with E-state index >= 15 is 0 Å². The molecule has 0 amide bonds. The summed E-state index contributed by atoms with van der Waals surface area (Å²) in [6, 6.07) is 14.2. The van der Waals surface area contributed by atoms with Crippen LogP contribution in [0.25, 0.3) is 0 Å². The zero-order valence-corrected chi connectivity index (χ0v) is 23.0. The number of hydrogen-bond donors (Lipinski definition) is 2. The number of pyridine rings is 2. The second-order valence-corrected chi connectivity index (χ2v) is 7.65. The molecule has 3 N–H and O–H groups in total. The standard InChI is InChI=1S/C18H22N2O4.C10H14N2O3/c1-4-23-17-15(18(21)24-5-2)10-11-16(20-17)19-12-13-6-8-14(22-3)9-7-13;1-3-14-9-7(10(13)15-4-2)5-6-8(11)12-9/h6-11H,4-5,12H2,1-3H3,(H,19,20);5-6H,3-4H2,1-2H3,(H2,11,12). The average molecular weight is 541 g/mol. The Labute approximate surface area is 228 Å². The number of aromatic nitrogens is 2. The summed E-state index contributed by atoms with van der Waals surface area (Å²) in [5.41, 5.74) is 7.20. The maximum Gasteiger partial charge on any atom is 0.343 e. The van der Waals surface area contributed by atoms with E-state index in [2.05, 4.69) is 15.3 Å². The van der Waals surface area contributed by atoms with Crippen LogP contribution in [-0.4, -0.2) is 55.4 Å². The van der Waals surface area contributed by atoms with Gasteiger partial charge in [0.05, 0.1) is 33.5 Å². The van der Waals surface area contributed by atoms with E-state index < -0.39 is 11.9 Å².